The molecule has 1 aromatic heterocycles. The molecule has 0 spiro atoms. The molecule has 0 bridgehead atoms. The van der Waals surface area contributed by atoms with E-state index in [1.807, 2.05) is 16.8 Å². The van der Waals surface area contributed by atoms with Crippen molar-refractivity contribution in [2.75, 3.05) is 0 Å². The summed E-state index contributed by atoms with van der Waals surface area (Å²) in [7, 11) is 0. The third kappa shape index (κ3) is 3.54. The SMILES string of the molecule is O=[N+]([O-])c1ccc(-c2ccc(OCc3ccsc3)cc2F)cc1. The molecule has 3 aromatic rings. The molecule has 0 aliphatic rings. The topological polar surface area (TPSA) is 52.4 Å². The van der Waals surface area contributed by atoms with Crippen LogP contribution in [0.25, 0.3) is 11.1 Å². The lowest BCUT2D eigenvalue weighted by Gasteiger charge is -2.08. The molecule has 3 rings (SSSR count). The molecule has 0 atom stereocenters. The summed E-state index contributed by atoms with van der Waals surface area (Å²) < 4.78 is 19.8. The van der Waals surface area contributed by atoms with Crippen LogP contribution in [0.4, 0.5) is 10.1 Å². The summed E-state index contributed by atoms with van der Waals surface area (Å²) >= 11 is 1.58. The molecule has 0 N–H and O–H groups in total. The van der Waals surface area contributed by atoms with Gasteiger partial charge in [-0.25, -0.2) is 4.39 Å². The minimum Gasteiger partial charge on any atom is -0.489 e. The second kappa shape index (κ2) is 6.58. The fraction of sp³-hybridized carbons (Fsp3) is 0.0588. The summed E-state index contributed by atoms with van der Waals surface area (Å²) in [6, 6.07) is 12.3. The first kappa shape index (κ1) is 15.2. The van der Waals surface area contributed by atoms with E-state index in [9.17, 15) is 14.5 Å². The molecule has 2 aromatic carbocycles. The van der Waals surface area contributed by atoms with Crippen LogP contribution < -0.4 is 4.74 Å². The lowest BCUT2D eigenvalue weighted by Crippen LogP contribution is -1.95. The highest BCUT2D eigenvalue weighted by Crippen LogP contribution is 2.28. The Morgan fingerprint density at radius 2 is 1.91 bits per heavy atom. The van der Waals surface area contributed by atoms with Gasteiger partial charge < -0.3 is 4.74 Å². The number of halogens is 1. The zero-order chi connectivity index (χ0) is 16.2. The number of nitro groups is 1. The Hall–Kier alpha value is -2.73. The van der Waals surface area contributed by atoms with Crippen molar-refractivity contribution in [3.8, 4) is 16.9 Å². The number of ether oxygens (including phenoxy) is 1. The first-order chi connectivity index (χ1) is 11.1. The van der Waals surface area contributed by atoms with E-state index in [-0.39, 0.29) is 5.69 Å². The van der Waals surface area contributed by atoms with E-state index in [1.165, 1.54) is 30.3 Å². The Labute approximate surface area is 135 Å². The first-order valence-electron chi connectivity index (χ1n) is 6.82. The Balaban J connectivity index is 1.77. The molecule has 0 saturated carbocycles. The molecule has 0 saturated heterocycles. The molecule has 0 radical (unpaired) electrons. The quantitative estimate of drug-likeness (QED) is 0.486. The van der Waals surface area contributed by atoms with Gasteiger partial charge in [0, 0.05) is 23.8 Å². The zero-order valence-electron chi connectivity index (χ0n) is 11.9. The van der Waals surface area contributed by atoms with Crippen LogP contribution in [0.3, 0.4) is 0 Å². The summed E-state index contributed by atoms with van der Waals surface area (Å²) in [5, 5.41) is 14.6. The van der Waals surface area contributed by atoms with Crippen LogP contribution in [0.2, 0.25) is 0 Å². The van der Waals surface area contributed by atoms with Gasteiger partial charge in [-0.2, -0.15) is 11.3 Å². The number of rotatable bonds is 5. The molecule has 1 heterocycles. The predicted molar refractivity (Wildman–Crippen MR) is 87.1 cm³/mol. The fourth-order valence-corrected chi connectivity index (χ4v) is 2.78. The van der Waals surface area contributed by atoms with Gasteiger partial charge in [-0.1, -0.05) is 0 Å². The summed E-state index contributed by atoms with van der Waals surface area (Å²) in [4.78, 5) is 10.2. The molecule has 0 fully saturated rings. The van der Waals surface area contributed by atoms with Crippen molar-refractivity contribution in [1.82, 2.24) is 0 Å². The normalized spacial score (nSPS) is 10.5. The van der Waals surface area contributed by atoms with Gasteiger partial charge in [0.25, 0.3) is 5.69 Å². The standard InChI is InChI=1S/C17H12FNO3S/c18-17-9-15(22-10-12-7-8-23-11-12)5-6-16(17)13-1-3-14(4-2-13)19(20)21/h1-9,11H,10H2. The number of nitro benzene ring substituents is 1. The minimum absolute atomic E-state index is 0.0233. The molecule has 0 aliphatic heterocycles. The number of thiophene rings is 1. The number of hydrogen-bond donors (Lipinski definition) is 0. The number of benzene rings is 2. The number of hydrogen-bond acceptors (Lipinski definition) is 4. The van der Waals surface area contributed by atoms with Gasteiger partial charge in [-0.05, 0) is 52.2 Å². The Morgan fingerprint density at radius 1 is 1.13 bits per heavy atom. The number of nitrogens with zero attached hydrogens (tertiary/aromatic N) is 1. The van der Waals surface area contributed by atoms with Crippen LogP contribution in [0.15, 0.2) is 59.3 Å². The highest BCUT2D eigenvalue weighted by molar-refractivity contribution is 7.07. The smallest absolute Gasteiger partial charge is 0.269 e. The summed E-state index contributed by atoms with van der Waals surface area (Å²) in [5.74, 6) is 0.0148. The van der Waals surface area contributed by atoms with Gasteiger partial charge in [-0.3, -0.25) is 10.1 Å². The van der Waals surface area contributed by atoms with Crippen LogP contribution >= 0.6 is 11.3 Å². The van der Waals surface area contributed by atoms with Gasteiger partial charge in [0.05, 0.1) is 4.92 Å². The highest BCUT2D eigenvalue weighted by Gasteiger charge is 2.10. The van der Waals surface area contributed by atoms with Crippen molar-refractivity contribution >= 4 is 17.0 Å². The largest absolute Gasteiger partial charge is 0.489 e. The molecular formula is C17H12FNO3S. The molecule has 0 amide bonds. The van der Waals surface area contributed by atoms with Crippen LogP contribution in [-0.2, 0) is 6.61 Å². The molecular weight excluding hydrogens is 317 g/mol. The van der Waals surface area contributed by atoms with Gasteiger partial charge in [0.15, 0.2) is 0 Å². The summed E-state index contributed by atoms with van der Waals surface area (Å²) in [5.41, 5.74) is 1.97. The van der Waals surface area contributed by atoms with Crippen LogP contribution in [-0.4, -0.2) is 4.92 Å². The Kier molecular flexibility index (Phi) is 4.34. The van der Waals surface area contributed by atoms with Gasteiger partial charge in [0.1, 0.15) is 18.2 Å². The van der Waals surface area contributed by atoms with Crippen molar-refractivity contribution in [3.63, 3.8) is 0 Å². The van der Waals surface area contributed by atoms with Crippen molar-refractivity contribution in [3.05, 3.63) is 80.8 Å². The van der Waals surface area contributed by atoms with E-state index >= 15 is 0 Å². The van der Waals surface area contributed by atoms with Crippen molar-refractivity contribution in [2.24, 2.45) is 0 Å². The van der Waals surface area contributed by atoms with E-state index in [1.54, 1.807) is 23.5 Å². The molecule has 23 heavy (non-hydrogen) atoms. The Morgan fingerprint density at radius 3 is 2.52 bits per heavy atom. The van der Waals surface area contributed by atoms with Crippen LogP contribution in [0.5, 0.6) is 5.75 Å². The van der Waals surface area contributed by atoms with Crippen molar-refractivity contribution in [1.29, 1.82) is 0 Å². The fourth-order valence-electron chi connectivity index (χ4n) is 2.12. The average Bonchev–Trinajstić information content (AvgIpc) is 3.06. The minimum atomic E-state index is -0.485. The Bertz CT molecular complexity index is 816. The third-order valence-electron chi connectivity index (χ3n) is 3.32. The first-order valence-corrected chi connectivity index (χ1v) is 7.76. The second-order valence-electron chi connectivity index (χ2n) is 4.87. The summed E-state index contributed by atoms with van der Waals surface area (Å²) in [6.45, 7) is 0.389. The zero-order valence-corrected chi connectivity index (χ0v) is 12.8. The van der Waals surface area contributed by atoms with E-state index in [2.05, 4.69) is 0 Å². The monoisotopic (exact) mass is 329 g/mol. The molecule has 6 heteroatoms. The van der Waals surface area contributed by atoms with Gasteiger partial charge >= 0.3 is 0 Å². The van der Waals surface area contributed by atoms with Crippen LogP contribution in [0.1, 0.15) is 5.56 Å². The molecule has 116 valence electrons. The lowest BCUT2D eigenvalue weighted by molar-refractivity contribution is -0.384. The van der Waals surface area contributed by atoms with Crippen molar-refractivity contribution in [2.45, 2.75) is 6.61 Å². The van der Waals surface area contributed by atoms with E-state index in [0.29, 0.717) is 23.5 Å². The molecule has 0 unspecified atom stereocenters. The summed E-state index contributed by atoms with van der Waals surface area (Å²) in [6.07, 6.45) is 0. The lowest BCUT2D eigenvalue weighted by atomic mass is 10.0. The highest BCUT2D eigenvalue weighted by atomic mass is 32.1. The van der Waals surface area contributed by atoms with Gasteiger partial charge in [0.2, 0.25) is 0 Å². The van der Waals surface area contributed by atoms with Crippen LogP contribution in [0, 0.1) is 15.9 Å². The van der Waals surface area contributed by atoms with Crippen molar-refractivity contribution < 1.29 is 14.1 Å². The van der Waals surface area contributed by atoms with E-state index < -0.39 is 10.7 Å². The average molecular weight is 329 g/mol. The third-order valence-corrected chi connectivity index (χ3v) is 4.05. The predicted octanol–water partition coefficient (Wildman–Crippen LogP) is 5.04. The maximum atomic E-state index is 14.2. The van der Waals surface area contributed by atoms with E-state index in [4.69, 9.17) is 4.74 Å². The van der Waals surface area contributed by atoms with Gasteiger partial charge in [-0.15, -0.1) is 0 Å². The van der Waals surface area contributed by atoms with E-state index in [0.717, 1.165) is 5.56 Å². The second-order valence-corrected chi connectivity index (χ2v) is 5.65. The molecule has 4 nitrogen and oxygen atoms in total. The molecule has 0 aliphatic carbocycles. The number of non-ortho nitro benzene ring substituents is 1. The maximum Gasteiger partial charge on any atom is 0.269 e. The maximum absolute atomic E-state index is 14.2.